The van der Waals surface area contributed by atoms with Crippen LogP contribution in [0.3, 0.4) is 0 Å². The number of amides is 2. The Bertz CT molecular complexity index is 460. The second-order valence-corrected chi connectivity index (χ2v) is 5.51. The summed E-state index contributed by atoms with van der Waals surface area (Å²) in [7, 11) is 0. The number of rotatable bonds is 2. The van der Waals surface area contributed by atoms with E-state index in [4.69, 9.17) is 28.3 Å². The zero-order valence-electron chi connectivity index (χ0n) is 10.4. The molecular formula is C13H16Cl2N2O2. The molecule has 1 aliphatic rings. The number of carbonyl (C=O) groups excluding carboxylic acids is 1. The van der Waals surface area contributed by atoms with Gasteiger partial charge in [-0.15, -0.1) is 0 Å². The maximum atomic E-state index is 12.1. The highest BCUT2D eigenvalue weighted by Crippen LogP contribution is 2.26. The number of nitrogens with zero attached hydrogens (tertiary/aromatic N) is 1. The minimum absolute atomic E-state index is 0.166. The lowest BCUT2D eigenvalue weighted by molar-refractivity contribution is 0.143. The van der Waals surface area contributed by atoms with Crippen molar-refractivity contribution in [1.82, 2.24) is 4.90 Å². The SMILES string of the molecule is O=C(Nc1ccc(Cl)cc1Cl)N1CCC(CO)CC1. The van der Waals surface area contributed by atoms with Crippen molar-refractivity contribution in [3.63, 3.8) is 0 Å². The van der Waals surface area contributed by atoms with Crippen LogP contribution in [0.15, 0.2) is 18.2 Å². The van der Waals surface area contributed by atoms with Gasteiger partial charge in [-0.3, -0.25) is 0 Å². The molecule has 2 amide bonds. The molecule has 0 radical (unpaired) electrons. The first-order valence-electron chi connectivity index (χ1n) is 6.22. The van der Waals surface area contributed by atoms with Gasteiger partial charge in [0.1, 0.15) is 0 Å². The molecule has 19 heavy (non-hydrogen) atoms. The van der Waals surface area contributed by atoms with Crippen molar-refractivity contribution in [2.24, 2.45) is 5.92 Å². The van der Waals surface area contributed by atoms with Crippen molar-refractivity contribution in [3.8, 4) is 0 Å². The van der Waals surface area contributed by atoms with Crippen molar-refractivity contribution >= 4 is 34.9 Å². The van der Waals surface area contributed by atoms with Crippen LogP contribution in [-0.2, 0) is 0 Å². The lowest BCUT2D eigenvalue weighted by Crippen LogP contribution is -2.41. The number of urea groups is 1. The van der Waals surface area contributed by atoms with Gasteiger partial charge in [-0.1, -0.05) is 23.2 Å². The van der Waals surface area contributed by atoms with Gasteiger partial charge in [-0.25, -0.2) is 4.79 Å². The number of anilines is 1. The highest BCUT2D eigenvalue weighted by atomic mass is 35.5. The predicted octanol–water partition coefficient (Wildman–Crippen LogP) is 3.23. The number of benzene rings is 1. The van der Waals surface area contributed by atoms with Gasteiger partial charge in [0.2, 0.25) is 0 Å². The van der Waals surface area contributed by atoms with Crippen LogP contribution in [0, 0.1) is 5.92 Å². The zero-order chi connectivity index (χ0) is 13.8. The highest BCUT2D eigenvalue weighted by Gasteiger charge is 2.22. The summed E-state index contributed by atoms with van der Waals surface area (Å²) in [6.45, 7) is 1.50. The quantitative estimate of drug-likeness (QED) is 0.881. The fourth-order valence-corrected chi connectivity index (χ4v) is 2.56. The van der Waals surface area contributed by atoms with E-state index in [1.807, 2.05) is 0 Å². The van der Waals surface area contributed by atoms with Gasteiger partial charge in [0.25, 0.3) is 0 Å². The summed E-state index contributed by atoms with van der Waals surface area (Å²) in [5.74, 6) is 0.308. The lowest BCUT2D eigenvalue weighted by atomic mass is 9.98. The molecule has 0 unspecified atom stereocenters. The molecule has 1 aliphatic heterocycles. The van der Waals surface area contributed by atoms with Crippen LogP contribution in [0.1, 0.15) is 12.8 Å². The Morgan fingerprint density at radius 2 is 2.05 bits per heavy atom. The van der Waals surface area contributed by atoms with Gasteiger partial charge in [0, 0.05) is 24.7 Å². The summed E-state index contributed by atoms with van der Waals surface area (Å²) >= 11 is 11.8. The third-order valence-electron chi connectivity index (χ3n) is 3.33. The molecule has 104 valence electrons. The number of halogens is 2. The van der Waals surface area contributed by atoms with Crippen molar-refractivity contribution < 1.29 is 9.90 Å². The van der Waals surface area contributed by atoms with Crippen molar-refractivity contribution in [3.05, 3.63) is 28.2 Å². The number of likely N-dealkylation sites (tertiary alicyclic amines) is 1. The second kappa shape index (κ2) is 6.46. The molecular weight excluding hydrogens is 287 g/mol. The van der Waals surface area contributed by atoms with Crippen LogP contribution >= 0.6 is 23.2 Å². The first-order chi connectivity index (χ1) is 9.10. The molecule has 1 aromatic rings. The normalized spacial score (nSPS) is 16.5. The van der Waals surface area contributed by atoms with Gasteiger partial charge in [0.15, 0.2) is 0 Å². The van der Waals surface area contributed by atoms with E-state index in [9.17, 15) is 4.79 Å². The molecule has 0 atom stereocenters. The van der Waals surface area contributed by atoms with Crippen LogP contribution in [0.5, 0.6) is 0 Å². The maximum Gasteiger partial charge on any atom is 0.321 e. The molecule has 4 nitrogen and oxygen atoms in total. The molecule has 0 aliphatic carbocycles. The molecule has 1 fully saturated rings. The Hall–Kier alpha value is -0.970. The number of carbonyl (C=O) groups is 1. The Kier molecular flexibility index (Phi) is 4.91. The summed E-state index contributed by atoms with van der Waals surface area (Å²) in [4.78, 5) is 13.8. The zero-order valence-corrected chi connectivity index (χ0v) is 11.9. The molecule has 2 rings (SSSR count). The van der Waals surface area contributed by atoms with E-state index in [1.54, 1.807) is 23.1 Å². The van der Waals surface area contributed by atoms with E-state index in [0.717, 1.165) is 12.8 Å². The molecule has 6 heteroatoms. The summed E-state index contributed by atoms with van der Waals surface area (Å²) < 4.78 is 0. The van der Waals surface area contributed by atoms with Crippen molar-refractivity contribution in [2.45, 2.75) is 12.8 Å². The van der Waals surface area contributed by atoms with Gasteiger partial charge in [-0.2, -0.15) is 0 Å². The molecule has 1 saturated heterocycles. The highest BCUT2D eigenvalue weighted by molar-refractivity contribution is 6.36. The fraction of sp³-hybridized carbons (Fsp3) is 0.462. The van der Waals surface area contributed by atoms with Crippen LogP contribution in [-0.4, -0.2) is 35.7 Å². The second-order valence-electron chi connectivity index (χ2n) is 4.67. The Labute approximate surface area is 122 Å². The Morgan fingerprint density at radius 3 is 2.63 bits per heavy atom. The van der Waals surface area contributed by atoms with Crippen molar-refractivity contribution in [2.75, 3.05) is 25.0 Å². The topological polar surface area (TPSA) is 52.6 Å². The largest absolute Gasteiger partial charge is 0.396 e. The third-order valence-corrected chi connectivity index (χ3v) is 3.88. The molecule has 0 spiro atoms. The summed E-state index contributed by atoms with van der Waals surface area (Å²) in [6, 6.07) is 4.79. The lowest BCUT2D eigenvalue weighted by Gasteiger charge is -2.31. The van der Waals surface area contributed by atoms with Gasteiger partial charge in [-0.05, 0) is 37.0 Å². The minimum Gasteiger partial charge on any atom is -0.396 e. The van der Waals surface area contributed by atoms with E-state index < -0.39 is 0 Å². The monoisotopic (exact) mass is 302 g/mol. The average molecular weight is 303 g/mol. The molecule has 1 aromatic carbocycles. The Morgan fingerprint density at radius 1 is 1.37 bits per heavy atom. The van der Waals surface area contributed by atoms with Crippen LogP contribution in [0.2, 0.25) is 10.0 Å². The smallest absolute Gasteiger partial charge is 0.321 e. The average Bonchev–Trinajstić information content (AvgIpc) is 2.42. The van der Waals surface area contributed by atoms with Crippen LogP contribution < -0.4 is 5.32 Å². The van der Waals surface area contributed by atoms with E-state index >= 15 is 0 Å². The standard InChI is InChI=1S/C13H16Cl2N2O2/c14-10-1-2-12(11(15)7-10)16-13(19)17-5-3-9(8-18)4-6-17/h1-2,7,9,18H,3-6,8H2,(H,16,19). The van der Waals surface area contributed by atoms with Gasteiger partial charge >= 0.3 is 6.03 Å². The summed E-state index contributed by atoms with van der Waals surface area (Å²) in [6.07, 6.45) is 1.66. The van der Waals surface area contributed by atoms with E-state index in [2.05, 4.69) is 5.32 Å². The molecule has 2 N–H and O–H groups in total. The molecule has 0 bridgehead atoms. The number of hydrogen-bond donors (Lipinski definition) is 2. The Balaban J connectivity index is 1.94. The summed E-state index contributed by atoms with van der Waals surface area (Å²) in [5.41, 5.74) is 0.556. The number of aliphatic hydroxyl groups is 1. The molecule has 0 aromatic heterocycles. The van der Waals surface area contributed by atoms with Crippen LogP contribution in [0.25, 0.3) is 0 Å². The van der Waals surface area contributed by atoms with Gasteiger partial charge in [0.05, 0.1) is 10.7 Å². The number of piperidine rings is 1. The van der Waals surface area contributed by atoms with E-state index in [-0.39, 0.29) is 12.6 Å². The molecule has 1 heterocycles. The van der Waals surface area contributed by atoms with Crippen molar-refractivity contribution in [1.29, 1.82) is 0 Å². The van der Waals surface area contributed by atoms with Gasteiger partial charge < -0.3 is 15.3 Å². The van der Waals surface area contributed by atoms with Crippen LogP contribution in [0.4, 0.5) is 10.5 Å². The predicted molar refractivity (Wildman–Crippen MR) is 76.9 cm³/mol. The maximum absolute atomic E-state index is 12.1. The van der Waals surface area contributed by atoms with E-state index in [1.165, 1.54) is 0 Å². The third kappa shape index (κ3) is 3.75. The molecule has 0 saturated carbocycles. The van der Waals surface area contributed by atoms with E-state index in [0.29, 0.717) is 34.7 Å². The number of hydrogen-bond acceptors (Lipinski definition) is 2. The minimum atomic E-state index is -0.166. The fourth-order valence-electron chi connectivity index (χ4n) is 2.10. The summed E-state index contributed by atoms with van der Waals surface area (Å²) in [5, 5.41) is 12.8. The first-order valence-corrected chi connectivity index (χ1v) is 6.97. The first kappa shape index (κ1) is 14.4. The number of aliphatic hydroxyl groups excluding tert-OH is 1. The number of nitrogens with one attached hydrogen (secondary N) is 1.